The van der Waals surface area contributed by atoms with Gasteiger partial charge in [0.05, 0.1) is 7.11 Å². The number of hydrogen-bond acceptors (Lipinski definition) is 5. The second-order valence-corrected chi connectivity index (χ2v) is 8.69. The van der Waals surface area contributed by atoms with Crippen LogP contribution < -0.4 is 14.4 Å². The summed E-state index contributed by atoms with van der Waals surface area (Å²) < 4.78 is 11.4. The van der Waals surface area contributed by atoms with Crippen LogP contribution >= 0.6 is 0 Å². The molecule has 0 aliphatic carbocycles. The second kappa shape index (κ2) is 10.1. The monoisotopic (exact) mass is 471 g/mol. The van der Waals surface area contributed by atoms with Crippen molar-refractivity contribution in [3.63, 3.8) is 0 Å². The number of hydrogen-bond donors (Lipinski definition) is 2. The fourth-order valence-electron chi connectivity index (χ4n) is 4.71. The Morgan fingerprint density at radius 3 is 2.51 bits per heavy atom. The summed E-state index contributed by atoms with van der Waals surface area (Å²) in [5.41, 5.74) is 3.82. The van der Waals surface area contributed by atoms with Gasteiger partial charge < -0.3 is 24.5 Å². The van der Waals surface area contributed by atoms with E-state index in [-0.39, 0.29) is 0 Å². The summed E-state index contributed by atoms with van der Waals surface area (Å²) in [4.78, 5) is 20.0. The number of anilines is 1. The van der Waals surface area contributed by atoms with Crippen LogP contribution in [0.1, 0.15) is 17.2 Å². The van der Waals surface area contributed by atoms with Crippen molar-refractivity contribution in [2.75, 3.05) is 38.2 Å². The average molecular weight is 472 g/mol. The molecule has 3 aromatic carbocycles. The first-order valence-corrected chi connectivity index (χ1v) is 11.8. The molecule has 7 nitrogen and oxygen atoms in total. The van der Waals surface area contributed by atoms with Gasteiger partial charge in [0.1, 0.15) is 24.1 Å². The Morgan fingerprint density at radius 1 is 0.971 bits per heavy atom. The van der Waals surface area contributed by atoms with Crippen LogP contribution in [0.2, 0.25) is 0 Å². The zero-order valence-electron chi connectivity index (χ0n) is 19.7. The number of piperazine rings is 1. The van der Waals surface area contributed by atoms with Gasteiger partial charge in [0, 0.05) is 60.6 Å². The highest BCUT2D eigenvalue weighted by atomic mass is 16.5. The van der Waals surface area contributed by atoms with E-state index < -0.39 is 12.0 Å². The summed E-state index contributed by atoms with van der Waals surface area (Å²) in [5.74, 6) is 0.683. The number of rotatable bonds is 8. The number of methoxy groups -OCH3 is 1. The highest BCUT2D eigenvalue weighted by Gasteiger charge is 2.32. The fourth-order valence-corrected chi connectivity index (χ4v) is 4.71. The van der Waals surface area contributed by atoms with Crippen molar-refractivity contribution in [1.29, 1.82) is 0 Å². The predicted molar refractivity (Wildman–Crippen MR) is 136 cm³/mol. The molecule has 7 heteroatoms. The van der Waals surface area contributed by atoms with Gasteiger partial charge in [-0.05, 0) is 35.9 Å². The Morgan fingerprint density at radius 2 is 1.77 bits per heavy atom. The smallest absolute Gasteiger partial charge is 0.325 e. The number of nitrogens with one attached hydrogen (secondary N) is 1. The first-order chi connectivity index (χ1) is 17.1. The number of carbonyl (C=O) groups is 1. The van der Waals surface area contributed by atoms with Gasteiger partial charge in [-0.2, -0.15) is 0 Å². The molecule has 2 N–H and O–H groups in total. The molecular weight excluding hydrogens is 442 g/mol. The molecule has 5 rings (SSSR count). The fraction of sp³-hybridized carbons (Fsp3) is 0.250. The summed E-state index contributed by atoms with van der Waals surface area (Å²) in [5, 5.41) is 11.1. The van der Waals surface area contributed by atoms with Crippen molar-refractivity contribution >= 4 is 22.6 Å². The van der Waals surface area contributed by atoms with E-state index in [1.165, 1.54) is 0 Å². The topological polar surface area (TPSA) is 78.0 Å². The Bertz CT molecular complexity index is 1300. The Kier molecular flexibility index (Phi) is 6.59. The third-order valence-corrected chi connectivity index (χ3v) is 6.56. The molecule has 1 saturated heterocycles. The number of H-pyrrole nitrogens is 1. The van der Waals surface area contributed by atoms with Crippen molar-refractivity contribution in [1.82, 2.24) is 9.88 Å². The SMILES string of the molecule is COc1cccc(N2CCN([C@@H](C(=O)O)c3c[nH]c4ccc(OCc5ccccc5)cc34)CC2)c1. The summed E-state index contributed by atoms with van der Waals surface area (Å²) >= 11 is 0. The van der Waals surface area contributed by atoms with Crippen LogP contribution in [0.15, 0.2) is 79.0 Å². The van der Waals surface area contributed by atoms with Gasteiger partial charge in [0.25, 0.3) is 0 Å². The lowest BCUT2D eigenvalue weighted by Crippen LogP contribution is -2.49. The van der Waals surface area contributed by atoms with Gasteiger partial charge in [-0.1, -0.05) is 36.4 Å². The summed E-state index contributed by atoms with van der Waals surface area (Å²) in [6.45, 7) is 3.23. The molecule has 4 aromatic rings. The van der Waals surface area contributed by atoms with Crippen LogP contribution in [-0.2, 0) is 11.4 Å². The van der Waals surface area contributed by atoms with Gasteiger partial charge in [-0.25, -0.2) is 0 Å². The van der Waals surface area contributed by atoms with Crippen LogP contribution in [0.5, 0.6) is 11.5 Å². The second-order valence-electron chi connectivity index (χ2n) is 8.69. The van der Waals surface area contributed by atoms with Crippen molar-refractivity contribution in [2.24, 2.45) is 0 Å². The first-order valence-electron chi connectivity index (χ1n) is 11.8. The van der Waals surface area contributed by atoms with Crippen LogP contribution in [0, 0.1) is 0 Å². The van der Waals surface area contributed by atoms with E-state index in [2.05, 4.69) is 16.0 Å². The maximum Gasteiger partial charge on any atom is 0.325 e. The third-order valence-electron chi connectivity index (χ3n) is 6.56. The minimum atomic E-state index is -0.851. The number of nitrogens with zero attached hydrogens (tertiary/aromatic N) is 2. The lowest BCUT2D eigenvalue weighted by atomic mass is 10.0. The van der Waals surface area contributed by atoms with E-state index >= 15 is 0 Å². The first kappa shape index (κ1) is 22.8. The molecule has 0 bridgehead atoms. The molecule has 35 heavy (non-hydrogen) atoms. The number of aromatic amines is 1. The molecule has 180 valence electrons. The van der Waals surface area contributed by atoms with Gasteiger partial charge in [0.2, 0.25) is 0 Å². The van der Waals surface area contributed by atoms with Crippen molar-refractivity contribution in [2.45, 2.75) is 12.6 Å². The van der Waals surface area contributed by atoms with Gasteiger partial charge in [-0.15, -0.1) is 0 Å². The zero-order valence-corrected chi connectivity index (χ0v) is 19.7. The molecule has 1 aliphatic rings. The summed E-state index contributed by atoms with van der Waals surface area (Å²) in [7, 11) is 1.66. The number of fused-ring (bicyclic) bond motifs is 1. The molecule has 2 heterocycles. The average Bonchev–Trinajstić information content (AvgIpc) is 3.31. The van der Waals surface area contributed by atoms with Crippen LogP contribution in [-0.4, -0.2) is 54.2 Å². The molecule has 1 fully saturated rings. The number of carboxylic acids is 1. The normalized spacial score (nSPS) is 15.2. The molecule has 0 radical (unpaired) electrons. The molecule has 1 atom stereocenters. The van der Waals surface area contributed by atoms with E-state index in [0.29, 0.717) is 25.4 Å². The van der Waals surface area contributed by atoms with E-state index in [0.717, 1.165) is 46.6 Å². The summed E-state index contributed by atoms with van der Waals surface area (Å²) in [6, 6.07) is 23.0. The molecular formula is C28H29N3O4. The quantitative estimate of drug-likeness (QED) is 0.388. The van der Waals surface area contributed by atoms with Crippen LogP contribution in [0.4, 0.5) is 5.69 Å². The minimum Gasteiger partial charge on any atom is -0.497 e. The molecule has 0 amide bonds. The van der Waals surface area contributed by atoms with Crippen molar-refractivity contribution in [3.8, 4) is 11.5 Å². The predicted octanol–water partition coefficient (Wildman–Crippen LogP) is 4.70. The number of aromatic nitrogens is 1. The lowest BCUT2D eigenvalue weighted by Gasteiger charge is -2.38. The highest BCUT2D eigenvalue weighted by Crippen LogP contribution is 2.33. The Balaban J connectivity index is 1.33. The van der Waals surface area contributed by atoms with Crippen LogP contribution in [0.3, 0.4) is 0 Å². The van der Waals surface area contributed by atoms with Crippen molar-refractivity contribution in [3.05, 3.63) is 90.1 Å². The highest BCUT2D eigenvalue weighted by molar-refractivity contribution is 5.90. The maximum absolute atomic E-state index is 12.5. The zero-order chi connectivity index (χ0) is 24.2. The standard InChI is InChI=1S/C28H29N3O4/c1-34-22-9-5-8-21(16-22)30-12-14-31(15-13-30)27(28(32)33)25-18-29-26-11-10-23(17-24(25)26)35-19-20-6-3-2-4-7-20/h2-11,16-18,27,29H,12-15,19H2,1H3,(H,32,33)/t27-/m1/s1. The number of benzene rings is 3. The Hall–Kier alpha value is -3.97. The van der Waals surface area contributed by atoms with Crippen molar-refractivity contribution < 1.29 is 19.4 Å². The van der Waals surface area contributed by atoms with Crippen LogP contribution in [0.25, 0.3) is 10.9 Å². The number of aliphatic carboxylic acids is 1. The molecule has 1 aromatic heterocycles. The van der Waals surface area contributed by atoms with E-state index in [9.17, 15) is 9.90 Å². The summed E-state index contributed by atoms with van der Waals surface area (Å²) in [6.07, 6.45) is 1.82. The van der Waals surface area contributed by atoms with E-state index in [1.807, 2.05) is 77.8 Å². The van der Waals surface area contributed by atoms with Gasteiger partial charge in [-0.3, -0.25) is 9.69 Å². The van der Waals surface area contributed by atoms with E-state index in [1.54, 1.807) is 7.11 Å². The Labute approximate surface area is 204 Å². The van der Waals surface area contributed by atoms with E-state index in [4.69, 9.17) is 9.47 Å². The molecule has 0 saturated carbocycles. The van der Waals surface area contributed by atoms with Gasteiger partial charge >= 0.3 is 5.97 Å². The molecule has 0 spiro atoms. The minimum absolute atomic E-state index is 0.459. The number of carboxylic acid groups (broad SMARTS) is 1. The maximum atomic E-state index is 12.5. The third kappa shape index (κ3) is 4.95. The molecule has 1 aliphatic heterocycles. The largest absolute Gasteiger partial charge is 0.497 e. The van der Waals surface area contributed by atoms with Gasteiger partial charge in [0.15, 0.2) is 0 Å². The molecule has 0 unspecified atom stereocenters. The lowest BCUT2D eigenvalue weighted by molar-refractivity contribution is -0.143. The number of ether oxygens (including phenoxy) is 2.